The topological polar surface area (TPSA) is 72.9 Å². The lowest BCUT2D eigenvalue weighted by Gasteiger charge is -2.37. The van der Waals surface area contributed by atoms with Gasteiger partial charge in [0, 0.05) is 27.8 Å². The summed E-state index contributed by atoms with van der Waals surface area (Å²) in [5, 5.41) is 2.41. The number of halogens is 1. The molecule has 3 heterocycles. The Labute approximate surface area is 245 Å². The molecule has 1 fully saturated rings. The minimum absolute atomic E-state index is 0.158. The molecule has 0 unspecified atom stereocenters. The molecule has 8 heteroatoms. The molecule has 0 amide bonds. The fraction of sp³-hybridized carbons (Fsp3) is 0.182. The van der Waals surface area contributed by atoms with Crippen molar-refractivity contribution in [1.29, 1.82) is 0 Å². The number of hydrogen-bond acceptors (Lipinski definition) is 7. The summed E-state index contributed by atoms with van der Waals surface area (Å²) in [6.07, 6.45) is 3.78. The maximum atomic E-state index is 14.7. The van der Waals surface area contributed by atoms with Crippen LogP contribution in [0.3, 0.4) is 0 Å². The Morgan fingerprint density at radius 2 is 1.63 bits per heavy atom. The van der Waals surface area contributed by atoms with Crippen molar-refractivity contribution < 1.29 is 23.9 Å². The summed E-state index contributed by atoms with van der Waals surface area (Å²) in [6, 6.07) is 19.8. The molecule has 7 rings (SSSR count). The zero-order chi connectivity index (χ0) is 28.5. The van der Waals surface area contributed by atoms with Crippen molar-refractivity contribution in [2.24, 2.45) is 5.41 Å². The summed E-state index contributed by atoms with van der Waals surface area (Å²) in [7, 11) is 3.08. The molecule has 0 radical (unpaired) electrons. The van der Waals surface area contributed by atoms with E-state index in [0.717, 1.165) is 11.3 Å². The van der Waals surface area contributed by atoms with Crippen LogP contribution < -0.4 is 14.4 Å². The number of nitrogens with zero attached hydrogens (tertiary/aromatic N) is 1. The molecule has 0 saturated carbocycles. The summed E-state index contributed by atoms with van der Waals surface area (Å²) >= 11 is 7.70. The predicted molar refractivity (Wildman–Crippen MR) is 159 cm³/mol. The van der Waals surface area contributed by atoms with Crippen LogP contribution in [0.25, 0.3) is 6.08 Å². The highest BCUT2D eigenvalue weighted by atomic mass is 35.5. The smallest absolute Gasteiger partial charge is 0.195 e. The molecule has 1 aliphatic carbocycles. The molecule has 204 valence electrons. The Hall–Kier alpha value is -4.20. The number of hydrogen-bond donors (Lipinski definition) is 0. The molecule has 2 aliphatic heterocycles. The monoisotopic (exact) mass is 581 g/mol. The Kier molecular flexibility index (Phi) is 5.92. The number of ketones is 3. The number of carbonyl (C=O) groups excluding carboxylic acids is 3. The lowest BCUT2D eigenvalue weighted by molar-refractivity contribution is 0.0666. The SMILES string of the molecule is COc1ccc([C@H]2[C@H](C(=O)c3cccs3)N3c4ccc(Cl)cc4C=C[C@@H]3C23C(=O)c2ccccc2C3=O)cc1OC. The van der Waals surface area contributed by atoms with Crippen molar-refractivity contribution >= 4 is 52.1 Å². The molecule has 1 spiro atoms. The normalized spacial score (nSPS) is 21.5. The van der Waals surface area contributed by atoms with Gasteiger partial charge in [0.1, 0.15) is 11.5 Å². The minimum atomic E-state index is -1.59. The van der Waals surface area contributed by atoms with Crippen molar-refractivity contribution in [3.05, 3.63) is 116 Å². The van der Waals surface area contributed by atoms with Gasteiger partial charge in [0.2, 0.25) is 0 Å². The van der Waals surface area contributed by atoms with Crippen molar-refractivity contribution in [2.45, 2.75) is 18.0 Å². The third-order valence-electron chi connectivity index (χ3n) is 8.57. The van der Waals surface area contributed by atoms with Crippen LogP contribution in [0.2, 0.25) is 5.02 Å². The number of benzene rings is 3. The first kappa shape index (κ1) is 25.7. The third-order valence-corrected chi connectivity index (χ3v) is 9.68. The number of anilines is 1. The lowest BCUT2D eigenvalue weighted by Crippen LogP contribution is -2.48. The van der Waals surface area contributed by atoms with E-state index in [4.69, 9.17) is 21.1 Å². The molecule has 3 aromatic carbocycles. The fourth-order valence-corrected chi connectivity index (χ4v) is 7.81. The number of thiophene rings is 1. The number of fused-ring (bicyclic) bond motifs is 5. The van der Waals surface area contributed by atoms with Crippen molar-refractivity contribution in [2.75, 3.05) is 19.1 Å². The number of rotatable bonds is 5. The van der Waals surface area contributed by atoms with Crippen LogP contribution in [0.5, 0.6) is 11.5 Å². The average Bonchev–Trinajstić information content (AvgIpc) is 3.70. The van der Waals surface area contributed by atoms with E-state index in [1.807, 2.05) is 46.7 Å². The van der Waals surface area contributed by atoms with Gasteiger partial charge in [-0.2, -0.15) is 0 Å². The van der Waals surface area contributed by atoms with E-state index in [1.54, 1.807) is 55.6 Å². The van der Waals surface area contributed by atoms with E-state index in [0.29, 0.717) is 38.1 Å². The summed E-state index contributed by atoms with van der Waals surface area (Å²) in [5.74, 6) is -0.595. The highest BCUT2D eigenvalue weighted by Crippen LogP contribution is 2.61. The van der Waals surface area contributed by atoms with E-state index >= 15 is 0 Å². The Balaban J connectivity index is 1.56. The minimum Gasteiger partial charge on any atom is -0.493 e. The van der Waals surface area contributed by atoms with E-state index < -0.39 is 23.4 Å². The molecule has 3 atom stereocenters. The van der Waals surface area contributed by atoms with Gasteiger partial charge in [-0.3, -0.25) is 14.4 Å². The van der Waals surface area contributed by atoms with Gasteiger partial charge in [0.05, 0.1) is 25.1 Å². The van der Waals surface area contributed by atoms with Gasteiger partial charge in [-0.15, -0.1) is 11.3 Å². The van der Waals surface area contributed by atoms with Crippen LogP contribution in [-0.2, 0) is 0 Å². The number of carbonyl (C=O) groups is 3. The second kappa shape index (κ2) is 9.43. The standard InChI is InChI=1S/C33H24ClNO5S/c1-39-24-13-9-19(17-25(24)40-2)28-29(30(36)26-8-5-15-41-26)35-23-12-11-20(34)16-18(23)10-14-27(35)33(28)31(37)21-6-3-4-7-22(21)32(33)38/h3-17,27-29H,1-2H3/t27-,28+,29-/m1/s1. The van der Waals surface area contributed by atoms with Crippen molar-refractivity contribution in [1.82, 2.24) is 0 Å². The Bertz CT molecular complexity index is 1740. The first-order chi connectivity index (χ1) is 19.9. The summed E-state index contributed by atoms with van der Waals surface area (Å²) in [4.78, 5) is 46.5. The summed E-state index contributed by atoms with van der Waals surface area (Å²) < 4.78 is 11.1. The van der Waals surface area contributed by atoms with E-state index in [1.165, 1.54) is 18.4 Å². The fourth-order valence-electron chi connectivity index (χ4n) is 6.93. The zero-order valence-electron chi connectivity index (χ0n) is 22.2. The molecule has 0 bridgehead atoms. The van der Waals surface area contributed by atoms with E-state index in [9.17, 15) is 14.4 Å². The third kappa shape index (κ3) is 3.46. The number of Topliss-reactive ketones (excluding diaryl/α,β-unsaturated/α-hetero) is 3. The molecule has 1 saturated heterocycles. The van der Waals surface area contributed by atoms with Crippen molar-refractivity contribution in [3.63, 3.8) is 0 Å². The molecule has 1 aromatic heterocycles. The van der Waals surface area contributed by atoms with Gasteiger partial charge in [0.15, 0.2) is 28.8 Å². The maximum absolute atomic E-state index is 14.7. The summed E-state index contributed by atoms with van der Waals surface area (Å²) in [6.45, 7) is 0. The Morgan fingerprint density at radius 3 is 2.29 bits per heavy atom. The Morgan fingerprint density at radius 1 is 0.902 bits per heavy atom. The van der Waals surface area contributed by atoms with Gasteiger partial charge >= 0.3 is 0 Å². The van der Waals surface area contributed by atoms with Gasteiger partial charge < -0.3 is 14.4 Å². The van der Waals surface area contributed by atoms with Crippen LogP contribution in [-0.4, -0.2) is 43.7 Å². The van der Waals surface area contributed by atoms with Crippen LogP contribution >= 0.6 is 22.9 Å². The highest BCUT2D eigenvalue weighted by molar-refractivity contribution is 7.12. The maximum Gasteiger partial charge on any atom is 0.195 e. The molecule has 3 aliphatic rings. The summed E-state index contributed by atoms with van der Waals surface area (Å²) in [5.41, 5.74) is 1.37. The molecule has 41 heavy (non-hydrogen) atoms. The molecular formula is C33H24ClNO5S. The zero-order valence-corrected chi connectivity index (χ0v) is 23.7. The first-order valence-electron chi connectivity index (χ1n) is 13.2. The van der Waals surface area contributed by atoms with Crippen LogP contribution in [0.4, 0.5) is 5.69 Å². The van der Waals surface area contributed by atoms with Crippen molar-refractivity contribution in [3.8, 4) is 11.5 Å². The van der Waals surface area contributed by atoms with Gasteiger partial charge in [0.25, 0.3) is 0 Å². The molecule has 0 N–H and O–H groups in total. The quantitative estimate of drug-likeness (QED) is 0.192. The molecule has 4 aromatic rings. The van der Waals surface area contributed by atoms with Crippen LogP contribution in [0, 0.1) is 5.41 Å². The van der Waals surface area contributed by atoms with Gasteiger partial charge in [-0.25, -0.2) is 0 Å². The number of ether oxygens (including phenoxy) is 2. The highest BCUT2D eigenvalue weighted by Gasteiger charge is 2.71. The van der Waals surface area contributed by atoms with E-state index in [2.05, 4.69) is 0 Å². The van der Waals surface area contributed by atoms with Gasteiger partial charge in [-0.05, 0) is 52.9 Å². The molecular weight excluding hydrogens is 558 g/mol. The van der Waals surface area contributed by atoms with Crippen LogP contribution in [0.15, 0.2) is 84.3 Å². The second-order valence-electron chi connectivity index (χ2n) is 10.4. The second-order valence-corrected chi connectivity index (χ2v) is 11.7. The predicted octanol–water partition coefficient (Wildman–Crippen LogP) is 6.74. The van der Waals surface area contributed by atoms with E-state index in [-0.39, 0.29) is 17.3 Å². The number of methoxy groups -OCH3 is 2. The largest absolute Gasteiger partial charge is 0.493 e. The van der Waals surface area contributed by atoms with Crippen LogP contribution in [0.1, 0.15) is 47.4 Å². The first-order valence-corrected chi connectivity index (χ1v) is 14.4. The molecule has 6 nitrogen and oxygen atoms in total. The lowest BCUT2D eigenvalue weighted by atomic mass is 9.64. The average molecular weight is 582 g/mol. The van der Waals surface area contributed by atoms with Gasteiger partial charge in [-0.1, -0.05) is 60.2 Å².